The molecule has 2 atom stereocenters. The number of nitrogens with one attached hydrogen (secondary N) is 1. The number of hydrogen-bond acceptors (Lipinski definition) is 3. The van der Waals surface area contributed by atoms with Gasteiger partial charge < -0.3 is 9.73 Å². The molecule has 2 aromatic rings. The van der Waals surface area contributed by atoms with Gasteiger partial charge in [0.25, 0.3) is 0 Å². The molecule has 1 saturated carbocycles. The SMILES string of the molecule is Cc1coc(-c2cc(NC(=O)[C@H]3C[C@H]3C)ccc2C)n1. The van der Waals surface area contributed by atoms with Crippen LogP contribution < -0.4 is 5.32 Å². The lowest BCUT2D eigenvalue weighted by atomic mass is 10.1. The van der Waals surface area contributed by atoms with E-state index in [0.717, 1.165) is 28.9 Å². The van der Waals surface area contributed by atoms with Gasteiger partial charge in [-0.25, -0.2) is 4.98 Å². The molecule has 104 valence electrons. The van der Waals surface area contributed by atoms with E-state index in [1.54, 1.807) is 6.26 Å². The summed E-state index contributed by atoms with van der Waals surface area (Å²) in [6, 6.07) is 5.81. The maximum Gasteiger partial charge on any atom is 0.227 e. The first-order chi connectivity index (χ1) is 9.54. The van der Waals surface area contributed by atoms with Gasteiger partial charge in [-0.2, -0.15) is 0 Å². The van der Waals surface area contributed by atoms with Crippen molar-refractivity contribution in [2.75, 3.05) is 5.32 Å². The van der Waals surface area contributed by atoms with Crippen LogP contribution in [0, 0.1) is 25.7 Å². The van der Waals surface area contributed by atoms with E-state index in [9.17, 15) is 4.79 Å². The molecule has 1 aromatic carbocycles. The number of nitrogens with zero attached hydrogens (tertiary/aromatic N) is 1. The summed E-state index contributed by atoms with van der Waals surface area (Å²) in [5.74, 6) is 1.38. The van der Waals surface area contributed by atoms with Crippen LogP contribution in [0.2, 0.25) is 0 Å². The van der Waals surface area contributed by atoms with Crippen LogP contribution >= 0.6 is 0 Å². The zero-order valence-electron chi connectivity index (χ0n) is 11.9. The molecule has 0 radical (unpaired) electrons. The lowest BCUT2D eigenvalue weighted by Gasteiger charge is -2.08. The van der Waals surface area contributed by atoms with Gasteiger partial charge in [0.05, 0.1) is 5.69 Å². The molecule has 0 saturated heterocycles. The highest BCUT2D eigenvalue weighted by atomic mass is 16.3. The number of hydrogen-bond donors (Lipinski definition) is 1. The minimum Gasteiger partial charge on any atom is -0.444 e. The molecule has 1 fully saturated rings. The molecule has 1 aromatic heterocycles. The van der Waals surface area contributed by atoms with Crippen LogP contribution in [0.4, 0.5) is 5.69 Å². The highest BCUT2D eigenvalue weighted by molar-refractivity contribution is 5.95. The van der Waals surface area contributed by atoms with Crippen molar-refractivity contribution in [1.29, 1.82) is 0 Å². The molecule has 1 amide bonds. The number of amides is 1. The molecule has 1 N–H and O–H groups in total. The molecule has 0 unspecified atom stereocenters. The van der Waals surface area contributed by atoms with Crippen molar-refractivity contribution < 1.29 is 9.21 Å². The molecule has 1 heterocycles. The van der Waals surface area contributed by atoms with E-state index < -0.39 is 0 Å². The number of benzene rings is 1. The minimum absolute atomic E-state index is 0.107. The Morgan fingerprint density at radius 3 is 2.75 bits per heavy atom. The van der Waals surface area contributed by atoms with Crippen molar-refractivity contribution in [1.82, 2.24) is 4.98 Å². The monoisotopic (exact) mass is 270 g/mol. The van der Waals surface area contributed by atoms with Crippen LogP contribution in [0.15, 0.2) is 28.9 Å². The second-order valence-electron chi connectivity index (χ2n) is 5.63. The van der Waals surface area contributed by atoms with Crippen LogP contribution in [0.1, 0.15) is 24.6 Å². The first-order valence-corrected chi connectivity index (χ1v) is 6.88. The van der Waals surface area contributed by atoms with Crippen molar-refractivity contribution >= 4 is 11.6 Å². The first-order valence-electron chi connectivity index (χ1n) is 6.88. The molecule has 0 bridgehead atoms. The molecular weight excluding hydrogens is 252 g/mol. The summed E-state index contributed by atoms with van der Waals surface area (Å²) in [5.41, 5.74) is 3.63. The summed E-state index contributed by atoms with van der Waals surface area (Å²) in [7, 11) is 0. The normalized spacial score (nSPS) is 20.8. The summed E-state index contributed by atoms with van der Waals surface area (Å²) in [4.78, 5) is 16.3. The molecular formula is C16H18N2O2. The Morgan fingerprint density at radius 2 is 2.15 bits per heavy atom. The summed E-state index contributed by atoms with van der Waals surface area (Å²) >= 11 is 0. The molecule has 20 heavy (non-hydrogen) atoms. The number of rotatable bonds is 3. The van der Waals surface area contributed by atoms with Crippen LogP contribution in [0.25, 0.3) is 11.5 Å². The van der Waals surface area contributed by atoms with Gasteiger partial charge in [0, 0.05) is 17.2 Å². The van der Waals surface area contributed by atoms with E-state index in [2.05, 4.69) is 17.2 Å². The number of anilines is 1. The highest BCUT2D eigenvalue weighted by Crippen LogP contribution is 2.38. The lowest BCUT2D eigenvalue weighted by molar-refractivity contribution is -0.117. The van der Waals surface area contributed by atoms with Crippen molar-refractivity contribution in [2.24, 2.45) is 11.8 Å². The van der Waals surface area contributed by atoms with Crippen molar-refractivity contribution in [2.45, 2.75) is 27.2 Å². The second-order valence-corrected chi connectivity index (χ2v) is 5.63. The van der Waals surface area contributed by atoms with Crippen LogP contribution in [0.3, 0.4) is 0 Å². The maximum absolute atomic E-state index is 12.0. The third kappa shape index (κ3) is 2.46. The van der Waals surface area contributed by atoms with Crippen LogP contribution in [-0.2, 0) is 4.79 Å². The van der Waals surface area contributed by atoms with Gasteiger partial charge in [0.15, 0.2) is 0 Å². The standard InChI is InChI=1S/C16H18N2O2/c1-9-4-5-12(18-15(19)13-6-10(13)2)7-14(9)16-17-11(3)8-20-16/h4-5,7-8,10,13H,6H2,1-3H3,(H,18,19)/t10-,13+/m1/s1. The Balaban J connectivity index is 1.85. The smallest absolute Gasteiger partial charge is 0.227 e. The maximum atomic E-state index is 12.0. The van der Waals surface area contributed by atoms with Crippen molar-refractivity contribution in [3.8, 4) is 11.5 Å². The lowest BCUT2D eigenvalue weighted by Crippen LogP contribution is -2.14. The Bertz CT molecular complexity index is 660. The number of aryl methyl sites for hydroxylation is 2. The topological polar surface area (TPSA) is 55.1 Å². The number of oxazole rings is 1. The van der Waals surface area contributed by atoms with E-state index in [1.807, 2.05) is 32.0 Å². The second kappa shape index (κ2) is 4.78. The van der Waals surface area contributed by atoms with Gasteiger partial charge in [-0.15, -0.1) is 0 Å². The highest BCUT2D eigenvalue weighted by Gasteiger charge is 2.39. The van der Waals surface area contributed by atoms with E-state index >= 15 is 0 Å². The fourth-order valence-corrected chi connectivity index (χ4v) is 2.33. The molecule has 0 aliphatic heterocycles. The minimum atomic E-state index is 0.107. The predicted octanol–water partition coefficient (Wildman–Crippen LogP) is 3.55. The third-order valence-electron chi connectivity index (χ3n) is 3.80. The zero-order chi connectivity index (χ0) is 14.3. The summed E-state index contributed by atoms with van der Waals surface area (Å²) < 4.78 is 5.44. The average molecular weight is 270 g/mol. The van der Waals surface area contributed by atoms with Crippen LogP contribution in [0.5, 0.6) is 0 Å². The van der Waals surface area contributed by atoms with Gasteiger partial charge in [-0.05, 0) is 43.9 Å². The van der Waals surface area contributed by atoms with Gasteiger partial charge in [-0.1, -0.05) is 13.0 Å². The Kier molecular flexibility index (Phi) is 3.08. The third-order valence-corrected chi connectivity index (χ3v) is 3.80. The van der Waals surface area contributed by atoms with Gasteiger partial charge in [0.2, 0.25) is 11.8 Å². The van der Waals surface area contributed by atoms with E-state index in [-0.39, 0.29) is 11.8 Å². The Morgan fingerprint density at radius 1 is 1.40 bits per heavy atom. The summed E-state index contributed by atoms with van der Waals surface area (Å²) in [6.45, 7) is 5.99. The van der Waals surface area contributed by atoms with Crippen LogP contribution in [-0.4, -0.2) is 10.9 Å². The quantitative estimate of drug-likeness (QED) is 0.927. The van der Waals surface area contributed by atoms with Crippen molar-refractivity contribution in [3.05, 3.63) is 35.7 Å². The molecule has 4 nitrogen and oxygen atoms in total. The van der Waals surface area contributed by atoms with Gasteiger partial charge in [0.1, 0.15) is 6.26 Å². The number of aromatic nitrogens is 1. The molecule has 1 aliphatic rings. The summed E-state index contributed by atoms with van der Waals surface area (Å²) in [5, 5.41) is 2.97. The number of carbonyl (C=O) groups is 1. The molecule has 4 heteroatoms. The first kappa shape index (κ1) is 12.9. The molecule has 1 aliphatic carbocycles. The molecule has 3 rings (SSSR count). The van der Waals surface area contributed by atoms with Gasteiger partial charge in [-0.3, -0.25) is 4.79 Å². The van der Waals surface area contributed by atoms with E-state index in [1.165, 1.54) is 0 Å². The summed E-state index contributed by atoms with van der Waals surface area (Å²) in [6.07, 6.45) is 2.62. The number of carbonyl (C=O) groups excluding carboxylic acids is 1. The Labute approximate surface area is 118 Å². The molecule has 0 spiro atoms. The predicted molar refractivity (Wildman–Crippen MR) is 77.3 cm³/mol. The largest absolute Gasteiger partial charge is 0.444 e. The average Bonchev–Trinajstić information content (AvgIpc) is 2.99. The Hall–Kier alpha value is -2.10. The fourth-order valence-electron chi connectivity index (χ4n) is 2.33. The zero-order valence-corrected chi connectivity index (χ0v) is 11.9. The fraction of sp³-hybridized carbons (Fsp3) is 0.375. The van der Waals surface area contributed by atoms with Crippen molar-refractivity contribution in [3.63, 3.8) is 0 Å². The van der Waals surface area contributed by atoms with Gasteiger partial charge >= 0.3 is 0 Å². The van der Waals surface area contributed by atoms with E-state index in [0.29, 0.717) is 11.8 Å². The van der Waals surface area contributed by atoms with E-state index in [4.69, 9.17) is 4.42 Å².